The zero-order valence-corrected chi connectivity index (χ0v) is 13.4. The number of fused-ring (bicyclic) bond motifs is 1. The van der Waals surface area contributed by atoms with Crippen LogP contribution in [0.5, 0.6) is 0 Å². The molecule has 1 N–H and O–H groups in total. The van der Waals surface area contributed by atoms with Gasteiger partial charge < -0.3 is 5.32 Å². The number of piperazine rings is 1. The molecule has 112 valence electrons. The van der Waals surface area contributed by atoms with Crippen molar-refractivity contribution in [2.24, 2.45) is 5.41 Å². The van der Waals surface area contributed by atoms with Crippen molar-refractivity contribution in [1.29, 1.82) is 0 Å². The molecular weight excluding hydrogens is 234 g/mol. The second-order valence-electron chi connectivity index (χ2n) is 7.19. The third-order valence-corrected chi connectivity index (χ3v) is 5.24. The maximum Gasteiger partial charge on any atom is 0.0223 e. The molecule has 0 radical (unpaired) electrons. The molecule has 2 atom stereocenters. The van der Waals surface area contributed by atoms with E-state index in [1.807, 2.05) is 0 Å². The van der Waals surface area contributed by atoms with Crippen molar-refractivity contribution >= 4 is 0 Å². The van der Waals surface area contributed by atoms with Gasteiger partial charge in [-0.1, -0.05) is 27.2 Å². The smallest absolute Gasteiger partial charge is 0.0223 e. The number of nitrogens with one attached hydrogen (secondary N) is 1. The molecule has 2 aliphatic heterocycles. The monoisotopic (exact) mass is 267 g/mol. The van der Waals surface area contributed by atoms with Gasteiger partial charge in [-0.3, -0.25) is 9.80 Å². The minimum absolute atomic E-state index is 0.354. The van der Waals surface area contributed by atoms with Crippen molar-refractivity contribution < 1.29 is 0 Å². The van der Waals surface area contributed by atoms with Gasteiger partial charge in [0.05, 0.1) is 0 Å². The lowest BCUT2D eigenvalue weighted by Crippen LogP contribution is -2.57. The summed E-state index contributed by atoms with van der Waals surface area (Å²) in [5.74, 6) is 0. The van der Waals surface area contributed by atoms with E-state index in [1.54, 1.807) is 0 Å². The molecule has 0 aromatic carbocycles. The summed E-state index contributed by atoms with van der Waals surface area (Å²) >= 11 is 0. The van der Waals surface area contributed by atoms with E-state index in [0.717, 1.165) is 12.6 Å². The van der Waals surface area contributed by atoms with E-state index >= 15 is 0 Å². The quantitative estimate of drug-likeness (QED) is 0.824. The molecule has 0 aromatic rings. The summed E-state index contributed by atoms with van der Waals surface area (Å²) in [5, 5.41) is 3.59. The van der Waals surface area contributed by atoms with Crippen LogP contribution in [0.25, 0.3) is 0 Å². The predicted molar refractivity (Wildman–Crippen MR) is 82.6 cm³/mol. The van der Waals surface area contributed by atoms with Crippen molar-refractivity contribution in [3.05, 3.63) is 0 Å². The van der Waals surface area contributed by atoms with Crippen molar-refractivity contribution in [3.8, 4) is 0 Å². The van der Waals surface area contributed by atoms with Gasteiger partial charge in [-0.15, -0.1) is 0 Å². The van der Waals surface area contributed by atoms with Gasteiger partial charge in [0.25, 0.3) is 0 Å². The predicted octanol–water partition coefficient (Wildman–Crippen LogP) is 2.18. The van der Waals surface area contributed by atoms with E-state index < -0.39 is 0 Å². The molecule has 2 saturated heterocycles. The van der Waals surface area contributed by atoms with Crippen LogP contribution in [0.2, 0.25) is 0 Å². The molecule has 0 amide bonds. The number of nitrogens with zero attached hydrogens (tertiary/aromatic N) is 2. The second-order valence-corrected chi connectivity index (χ2v) is 7.19. The Bertz CT molecular complexity index is 277. The Labute approximate surface area is 119 Å². The molecule has 2 rings (SSSR count). The molecule has 0 bridgehead atoms. The third-order valence-electron chi connectivity index (χ3n) is 5.24. The van der Waals surface area contributed by atoms with Crippen LogP contribution in [0.3, 0.4) is 0 Å². The van der Waals surface area contributed by atoms with Crippen molar-refractivity contribution in [3.63, 3.8) is 0 Å². The van der Waals surface area contributed by atoms with E-state index in [1.165, 1.54) is 52.0 Å². The van der Waals surface area contributed by atoms with Crippen LogP contribution in [-0.2, 0) is 0 Å². The van der Waals surface area contributed by atoms with Crippen LogP contribution >= 0.6 is 0 Å². The highest BCUT2D eigenvalue weighted by atomic mass is 15.3. The van der Waals surface area contributed by atoms with Gasteiger partial charge >= 0.3 is 0 Å². The zero-order valence-electron chi connectivity index (χ0n) is 13.4. The zero-order chi connectivity index (χ0) is 13.9. The van der Waals surface area contributed by atoms with Crippen LogP contribution in [-0.4, -0.2) is 61.2 Å². The van der Waals surface area contributed by atoms with Crippen LogP contribution in [0, 0.1) is 5.41 Å². The molecule has 0 saturated carbocycles. The van der Waals surface area contributed by atoms with Crippen molar-refractivity contribution in [2.45, 2.75) is 59.0 Å². The van der Waals surface area contributed by atoms with Gasteiger partial charge in [-0.25, -0.2) is 0 Å². The number of rotatable bonds is 5. The van der Waals surface area contributed by atoms with E-state index in [-0.39, 0.29) is 0 Å². The highest BCUT2D eigenvalue weighted by molar-refractivity contribution is 4.89. The number of piperidine rings is 1. The topological polar surface area (TPSA) is 18.5 Å². The normalized spacial score (nSPS) is 28.1. The highest BCUT2D eigenvalue weighted by Crippen LogP contribution is 2.26. The first-order chi connectivity index (χ1) is 9.03. The lowest BCUT2D eigenvalue weighted by atomic mass is 9.84. The SMILES string of the molecule is CCNC(C)C(C)(C)CN1CCN2CCCCC2C1. The second kappa shape index (κ2) is 6.55. The molecule has 3 nitrogen and oxygen atoms in total. The minimum Gasteiger partial charge on any atom is -0.314 e. The summed E-state index contributed by atoms with van der Waals surface area (Å²) in [6.07, 6.45) is 4.27. The summed E-state index contributed by atoms with van der Waals surface area (Å²) < 4.78 is 0. The van der Waals surface area contributed by atoms with Crippen LogP contribution < -0.4 is 5.32 Å². The summed E-state index contributed by atoms with van der Waals surface area (Å²) in [5.41, 5.74) is 0.354. The summed E-state index contributed by atoms with van der Waals surface area (Å²) in [7, 11) is 0. The Balaban J connectivity index is 1.85. The van der Waals surface area contributed by atoms with Gasteiger partial charge in [0.15, 0.2) is 0 Å². The fourth-order valence-electron chi connectivity index (χ4n) is 3.66. The van der Waals surface area contributed by atoms with E-state index in [9.17, 15) is 0 Å². The summed E-state index contributed by atoms with van der Waals surface area (Å²) in [6.45, 7) is 16.8. The molecule has 3 heteroatoms. The Morgan fingerprint density at radius 1 is 1.21 bits per heavy atom. The lowest BCUT2D eigenvalue weighted by Gasteiger charge is -2.47. The van der Waals surface area contributed by atoms with Gasteiger partial charge in [0, 0.05) is 38.3 Å². The van der Waals surface area contributed by atoms with E-state index in [2.05, 4.69) is 42.8 Å². The average Bonchev–Trinajstić information content (AvgIpc) is 2.38. The minimum atomic E-state index is 0.354. The molecule has 19 heavy (non-hydrogen) atoms. The van der Waals surface area contributed by atoms with Gasteiger partial charge in [0.2, 0.25) is 0 Å². The van der Waals surface area contributed by atoms with Crippen LogP contribution in [0.1, 0.15) is 47.0 Å². The summed E-state index contributed by atoms with van der Waals surface area (Å²) in [6, 6.07) is 1.43. The Hall–Kier alpha value is -0.120. The van der Waals surface area contributed by atoms with Gasteiger partial charge in [-0.2, -0.15) is 0 Å². The Morgan fingerprint density at radius 2 is 2.00 bits per heavy atom. The molecule has 2 fully saturated rings. The van der Waals surface area contributed by atoms with E-state index in [0.29, 0.717) is 11.5 Å². The maximum atomic E-state index is 3.59. The Morgan fingerprint density at radius 3 is 2.74 bits per heavy atom. The highest BCUT2D eigenvalue weighted by Gasteiger charge is 2.33. The average molecular weight is 267 g/mol. The largest absolute Gasteiger partial charge is 0.314 e. The van der Waals surface area contributed by atoms with E-state index in [4.69, 9.17) is 0 Å². The molecule has 0 spiro atoms. The van der Waals surface area contributed by atoms with Crippen molar-refractivity contribution in [2.75, 3.05) is 39.3 Å². The summed E-state index contributed by atoms with van der Waals surface area (Å²) in [4.78, 5) is 5.43. The maximum absolute atomic E-state index is 3.59. The van der Waals surface area contributed by atoms with Crippen molar-refractivity contribution in [1.82, 2.24) is 15.1 Å². The van der Waals surface area contributed by atoms with Crippen LogP contribution in [0.15, 0.2) is 0 Å². The van der Waals surface area contributed by atoms with Gasteiger partial charge in [-0.05, 0) is 38.3 Å². The number of hydrogen-bond acceptors (Lipinski definition) is 3. The fourth-order valence-corrected chi connectivity index (χ4v) is 3.66. The fraction of sp³-hybridized carbons (Fsp3) is 1.00. The first-order valence-electron chi connectivity index (χ1n) is 8.22. The first kappa shape index (κ1) is 15.3. The molecular formula is C16H33N3. The molecule has 0 aromatic heterocycles. The first-order valence-corrected chi connectivity index (χ1v) is 8.22. The molecule has 2 heterocycles. The number of hydrogen-bond donors (Lipinski definition) is 1. The molecule has 2 unspecified atom stereocenters. The Kier molecular flexibility index (Phi) is 5.27. The van der Waals surface area contributed by atoms with Crippen LogP contribution in [0.4, 0.5) is 0 Å². The molecule has 2 aliphatic rings. The molecule has 0 aliphatic carbocycles. The third kappa shape index (κ3) is 3.93. The van der Waals surface area contributed by atoms with Gasteiger partial charge in [0.1, 0.15) is 0 Å². The lowest BCUT2D eigenvalue weighted by molar-refractivity contribution is 0.0259. The standard InChI is InChI=1S/C16H33N3/c1-5-17-14(2)16(3,4)13-18-10-11-19-9-7-6-8-15(19)12-18/h14-15,17H,5-13H2,1-4H3.